The molecule has 3 aromatic heterocycles. The van der Waals surface area contributed by atoms with Crippen LogP contribution in [0.25, 0.3) is 71.8 Å². The molecule has 8 rings (SSSR count). The number of rotatable bonds is 4. The van der Waals surface area contributed by atoms with E-state index in [4.69, 9.17) is 0 Å². The summed E-state index contributed by atoms with van der Waals surface area (Å²) in [7, 11) is 2.18. The van der Waals surface area contributed by atoms with Crippen molar-refractivity contribution in [1.29, 1.82) is 0 Å². The van der Waals surface area contributed by atoms with Crippen LogP contribution in [0.15, 0.2) is 134 Å². The number of benzene rings is 4. The Morgan fingerprint density at radius 1 is 0.643 bits per heavy atom. The van der Waals surface area contributed by atoms with Gasteiger partial charge in [0.2, 0.25) is 0 Å². The molecule has 0 saturated carbocycles. The topological polar surface area (TPSA) is 42.7 Å². The average Bonchev–Trinajstić information content (AvgIpc) is 3.36. The summed E-state index contributed by atoms with van der Waals surface area (Å²) in [5.74, 6) is 0. The van der Waals surface area contributed by atoms with Gasteiger partial charge in [-0.15, -0.1) is 0 Å². The molecule has 0 saturated heterocycles. The van der Waals surface area contributed by atoms with Crippen molar-refractivity contribution < 1.29 is 0 Å². The lowest BCUT2D eigenvalue weighted by Gasteiger charge is -2.10. The van der Waals surface area contributed by atoms with Crippen LogP contribution in [0, 0.1) is 0 Å². The predicted octanol–water partition coefficient (Wildman–Crippen LogP) is 8.78. The lowest BCUT2D eigenvalue weighted by Crippen LogP contribution is -2.08. The van der Waals surface area contributed by atoms with E-state index in [9.17, 15) is 0 Å². The second-order valence-electron chi connectivity index (χ2n) is 10.8. The zero-order valence-corrected chi connectivity index (χ0v) is 23.3. The lowest BCUT2D eigenvalue weighted by atomic mass is 9.98. The number of pyridine rings is 2. The molecule has 0 amide bonds. The molecule has 4 heterocycles. The maximum absolute atomic E-state index is 4.69. The van der Waals surface area contributed by atoms with Gasteiger partial charge in [0.15, 0.2) is 0 Å². The van der Waals surface area contributed by atoms with Gasteiger partial charge in [-0.05, 0) is 75.8 Å². The molecule has 4 heteroatoms. The highest BCUT2D eigenvalue weighted by molar-refractivity contribution is 6.18. The minimum absolute atomic E-state index is 0.873. The normalized spacial score (nSPS) is 13.0. The van der Waals surface area contributed by atoms with Crippen molar-refractivity contribution in [1.82, 2.24) is 19.9 Å². The van der Waals surface area contributed by atoms with E-state index < -0.39 is 0 Å². The summed E-state index contributed by atoms with van der Waals surface area (Å²) < 4.78 is 2.35. The number of allylic oxidation sites excluding steroid dienone is 2. The number of fused-ring (bicyclic) bond motifs is 5. The molecule has 42 heavy (non-hydrogen) atoms. The summed E-state index contributed by atoms with van der Waals surface area (Å²) in [4.78, 5) is 9.11. The van der Waals surface area contributed by atoms with Crippen molar-refractivity contribution in [2.75, 3.05) is 6.54 Å². The van der Waals surface area contributed by atoms with Gasteiger partial charge in [0.25, 0.3) is 0 Å². The number of nitrogens with zero attached hydrogens (tertiary/aromatic N) is 3. The van der Waals surface area contributed by atoms with Crippen LogP contribution >= 0.6 is 0 Å². The molecule has 0 atom stereocenters. The third-order valence-electron chi connectivity index (χ3n) is 8.37. The quantitative estimate of drug-likeness (QED) is 0.243. The van der Waals surface area contributed by atoms with Crippen molar-refractivity contribution >= 4 is 38.2 Å². The fourth-order valence-corrected chi connectivity index (χ4v) is 6.16. The van der Waals surface area contributed by atoms with Crippen LogP contribution in [0.3, 0.4) is 0 Å². The minimum atomic E-state index is 0.873. The highest BCUT2D eigenvalue weighted by Crippen LogP contribution is 2.37. The summed E-state index contributed by atoms with van der Waals surface area (Å²) >= 11 is 0. The Morgan fingerprint density at radius 3 is 2.14 bits per heavy atom. The first-order valence-electron chi connectivity index (χ1n) is 14.3. The van der Waals surface area contributed by atoms with Crippen LogP contribution < -0.4 is 5.32 Å². The van der Waals surface area contributed by atoms with Crippen LogP contribution in [0.5, 0.6) is 0 Å². The number of nitrogens with one attached hydrogen (secondary N) is 1. The SMILES string of the molecule is Cn1c2cc(-c3ccc(C4=CCNC=C4)cc3)ccc2c2ccc3cc(-c4ccc(-c5ccccn5)nc4)ccc3c21. The fourth-order valence-electron chi connectivity index (χ4n) is 6.16. The number of aryl methyl sites for hydroxylation is 1. The summed E-state index contributed by atoms with van der Waals surface area (Å²) in [6.07, 6.45) is 10.1. The Morgan fingerprint density at radius 2 is 1.38 bits per heavy atom. The molecule has 4 nitrogen and oxygen atoms in total. The van der Waals surface area contributed by atoms with Gasteiger partial charge >= 0.3 is 0 Å². The molecule has 0 bridgehead atoms. The van der Waals surface area contributed by atoms with Gasteiger partial charge < -0.3 is 9.88 Å². The summed E-state index contributed by atoms with van der Waals surface area (Å²) in [5, 5.41) is 8.25. The number of hydrogen-bond donors (Lipinski definition) is 1. The Kier molecular flexibility index (Phi) is 5.71. The largest absolute Gasteiger partial charge is 0.387 e. The van der Waals surface area contributed by atoms with Crippen LogP contribution in [0.1, 0.15) is 5.56 Å². The van der Waals surface area contributed by atoms with E-state index in [0.717, 1.165) is 29.1 Å². The zero-order valence-electron chi connectivity index (χ0n) is 23.3. The highest BCUT2D eigenvalue weighted by atomic mass is 14.9. The lowest BCUT2D eigenvalue weighted by molar-refractivity contribution is 0.976. The Balaban J connectivity index is 1.16. The molecule has 4 aromatic carbocycles. The zero-order chi connectivity index (χ0) is 28.0. The average molecular weight is 541 g/mol. The van der Waals surface area contributed by atoms with Crippen molar-refractivity contribution in [2.24, 2.45) is 7.05 Å². The fraction of sp³-hybridized carbons (Fsp3) is 0.0526. The van der Waals surface area contributed by atoms with Gasteiger partial charge in [-0.1, -0.05) is 78.9 Å². The molecule has 1 aliphatic heterocycles. The molecule has 1 N–H and O–H groups in total. The van der Waals surface area contributed by atoms with Gasteiger partial charge in [-0.2, -0.15) is 0 Å². The van der Waals surface area contributed by atoms with Gasteiger partial charge in [0, 0.05) is 53.2 Å². The molecular formula is C38H28N4. The smallest absolute Gasteiger partial charge is 0.0886 e. The van der Waals surface area contributed by atoms with E-state index in [1.54, 1.807) is 6.20 Å². The maximum Gasteiger partial charge on any atom is 0.0886 e. The van der Waals surface area contributed by atoms with Gasteiger partial charge in [0.05, 0.1) is 16.9 Å². The van der Waals surface area contributed by atoms with E-state index >= 15 is 0 Å². The second kappa shape index (κ2) is 9.86. The van der Waals surface area contributed by atoms with Crippen LogP contribution in [-0.4, -0.2) is 21.1 Å². The van der Waals surface area contributed by atoms with Gasteiger partial charge in [0.1, 0.15) is 0 Å². The first-order valence-corrected chi connectivity index (χ1v) is 14.3. The first-order chi connectivity index (χ1) is 20.7. The molecule has 7 aromatic rings. The highest BCUT2D eigenvalue weighted by Gasteiger charge is 2.14. The predicted molar refractivity (Wildman–Crippen MR) is 175 cm³/mol. The van der Waals surface area contributed by atoms with E-state index in [1.807, 2.05) is 36.7 Å². The van der Waals surface area contributed by atoms with Crippen molar-refractivity contribution in [3.8, 4) is 33.6 Å². The van der Waals surface area contributed by atoms with Gasteiger partial charge in [-0.25, -0.2) is 0 Å². The summed E-state index contributed by atoms with van der Waals surface area (Å²) in [5.41, 5.74) is 11.5. The molecular weight excluding hydrogens is 512 g/mol. The minimum Gasteiger partial charge on any atom is -0.387 e. The Hall–Kier alpha value is -5.48. The van der Waals surface area contributed by atoms with Crippen LogP contribution in [0.4, 0.5) is 0 Å². The van der Waals surface area contributed by atoms with Crippen molar-refractivity contribution in [2.45, 2.75) is 0 Å². The molecule has 0 radical (unpaired) electrons. The van der Waals surface area contributed by atoms with Crippen LogP contribution in [0.2, 0.25) is 0 Å². The van der Waals surface area contributed by atoms with Gasteiger partial charge in [-0.3, -0.25) is 9.97 Å². The standard InChI is InChI=1S/C38H28N4/c1-42-37-23-29(26-7-5-25(6-8-26)27-17-20-39-21-18-27)10-14-33(37)34-15-11-30-22-28(9-13-32(30)38(34)42)31-12-16-36(41-24-31)35-4-2-3-19-40-35/h2-20,22-24,39H,21H2,1H3. The summed E-state index contributed by atoms with van der Waals surface area (Å²) in [6, 6.07) is 37.0. The summed E-state index contributed by atoms with van der Waals surface area (Å²) in [6.45, 7) is 0.873. The first kappa shape index (κ1) is 24.3. The van der Waals surface area contributed by atoms with Crippen molar-refractivity contribution in [3.63, 3.8) is 0 Å². The van der Waals surface area contributed by atoms with Crippen molar-refractivity contribution in [3.05, 3.63) is 139 Å². The second-order valence-corrected chi connectivity index (χ2v) is 10.8. The molecule has 0 spiro atoms. The third-order valence-corrected chi connectivity index (χ3v) is 8.37. The van der Waals surface area contributed by atoms with E-state index in [1.165, 1.54) is 54.8 Å². The number of aromatic nitrogens is 3. The van der Waals surface area contributed by atoms with E-state index in [2.05, 4.69) is 118 Å². The number of hydrogen-bond acceptors (Lipinski definition) is 3. The van der Waals surface area contributed by atoms with E-state index in [0.29, 0.717) is 0 Å². The number of dihydropyridines is 1. The Bertz CT molecular complexity index is 2170. The molecule has 0 fully saturated rings. The van der Waals surface area contributed by atoms with E-state index in [-0.39, 0.29) is 0 Å². The maximum atomic E-state index is 4.69. The monoisotopic (exact) mass is 540 g/mol. The molecule has 1 aliphatic rings. The molecule has 200 valence electrons. The molecule has 0 aliphatic carbocycles. The van der Waals surface area contributed by atoms with Crippen LogP contribution in [-0.2, 0) is 7.05 Å². The Labute approximate surface area is 244 Å². The molecule has 0 unspecified atom stereocenters. The third kappa shape index (κ3) is 4.08.